The first kappa shape index (κ1) is 4.28. The fourth-order valence-corrected chi connectivity index (χ4v) is 1.25. The van der Waals surface area contributed by atoms with Gasteiger partial charge in [-0.15, -0.1) is 0 Å². The van der Waals surface area contributed by atoms with Crippen LogP contribution in [0.25, 0.3) is 0 Å². The Balaban J connectivity index is 2.80. The molecule has 0 spiro atoms. The second-order valence-corrected chi connectivity index (χ2v) is 3.05. The third-order valence-corrected chi connectivity index (χ3v) is 2.09. The van der Waals surface area contributed by atoms with E-state index in [1.807, 2.05) is 0 Å². The summed E-state index contributed by atoms with van der Waals surface area (Å²) in [6.45, 7) is -1.74. The van der Waals surface area contributed by atoms with Crippen molar-refractivity contribution in [1.29, 1.82) is 0 Å². The highest BCUT2D eigenvalue weighted by atomic mass is 16.5. The fraction of sp³-hybridized carbons (Fsp3) is 0.636. The van der Waals surface area contributed by atoms with Crippen LogP contribution < -0.4 is 0 Å². The average Bonchev–Trinajstić information content (AvgIpc) is 2.75. The normalized spacial score (nSPS) is 47.5. The molecular formula is C11H16N2O2. The van der Waals surface area contributed by atoms with Crippen molar-refractivity contribution in [3.63, 3.8) is 0 Å². The number of esters is 1. The van der Waals surface area contributed by atoms with E-state index in [2.05, 4.69) is 9.72 Å². The van der Waals surface area contributed by atoms with E-state index in [4.69, 9.17) is 11.0 Å². The minimum absolute atomic E-state index is 0.354. The number of cyclic esters (lactones) is 1. The standard InChI is InChI=1S/C11H16N2O2/c1-3-10-8(6-15-11(10)14)4-9-5-12-7-13(9)2/h5,7-8,10H,3-4,6H2,1-2H3/t8-,10-/m0/s1/i4D2,5D,6D2,7D,8D,10D. The molecule has 4 nitrogen and oxygen atoms in total. The Labute approximate surface area is 100 Å². The first-order valence-corrected chi connectivity index (χ1v) is 4.51. The van der Waals surface area contributed by atoms with Gasteiger partial charge in [-0.2, -0.15) is 0 Å². The largest absolute Gasteiger partial charge is 0.465 e. The predicted molar refractivity (Wildman–Crippen MR) is 55.1 cm³/mol. The van der Waals surface area contributed by atoms with Crippen molar-refractivity contribution in [2.45, 2.75) is 19.7 Å². The second-order valence-electron chi connectivity index (χ2n) is 3.05. The third kappa shape index (κ3) is 1.89. The van der Waals surface area contributed by atoms with E-state index in [1.165, 1.54) is 14.0 Å². The summed E-state index contributed by atoms with van der Waals surface area (Å²) in [5, 5.41) is 0. The summed E-state index contributed by atoms with van der Waals surface area (Å²) in [4.78, 5) is 15.5. The number of hydrogen-bond donors (Lipinski definition) is 0. The molecule has 2 heterocycles. The van der Waals surface area contributed by atoms with Gasteiger partial charge in [-0.3, -0.25) is 4.79 Å². The maximum absolute atomic E-state index is 12.0. The molecule has 1 aromatic rings. The first-order valence-electron chi connectivity index (χ1n) is 8.51. The van der Waals surface area contributed by atoms with Crippen molar-refractivity contribution >= 4 is 5.97 Å². The van der Waals surface area contributed by atoms with Gasteiger partial charge < -0.3 is 9.30 Å². The summed E-state index contributed by atoms with van der Waals surface area (Å²) < 4.78 is 69.5. The number of ether oxygens (including phenoxy) is 1. The van der Waals surface area contributed by atoms with Gasteiger partial charge in [-0.25, -0.2) is 4.98 Å². The van der Waals surface area contributed by atoms with E-state index in [0.717, 1.165) is 4.57 Å². The smallest absolute Gasteiger partial charge is 0.309 e. The van der Waals surface area contributed by atoms with Gasteiger partial charge in [0.15, 0.2) is 0 Å². The van der Waals surface area contributed by atoms with E-state index >= 15 is 0 Å². The Morgan fingerprint density at radius 1 is 2.00 bits per heavy atom. The topological polar surface area (TPSA) is 44.1 Å². The Kier molecular flexibility index (Phi) is 1.15. The van der Waals surface area contributed by atoms with Crippen molar-refractivity contribution in [1.82, 2.24) is 9.55 Å². The molecule has 0 aromatic carbocycles. The van der Waals surface area contributed by atoms with Crippen LogP contribution in [0.3, 0.4) is 0 Å². The quantitative estimate of drug-likeness (QED) is 0.712. The Hall–Kier alpha value is -1.32. The van der Waals surface area contributed by atoms with E-state index in [-0.39, 0.29) is 6.42 Å². The molecule has 1 fully saturated rings. The maximum Gasteiger partial charge on any atom is 0.309 e. The van der Waals surface area contributed by atoms with Crippen molar-refractivity contribution < 1.29 is 20.5 Å². The molecule has 4 heteroatoms. The van der Waals surface area contributed by atoms with Gasteiger partial charge in [0.1, 0.15) is 1.37 Å². The van der Waals surface area contributed by atoms with Gasteiger partial charge in [0.2, 0.25) is 0 Å². The Morgan fingerprint density at radius 3 is 3.40 bits per heavy atom. The van der Waals surface area contributed by atoms with Gasteiger partial charge in [0.05, 0.1) is 22.9 Å². The summed E-state index contributed by atoms with van der Waals surface area (Å²) >= 11 is 0. The highest BCUT2D eigenvalue weighted by molar-refractivity contribution is 5.74. The lowest BCUT2D eigenvalue weighted by molar-refractivity contribution is -0.141. The van der Waals surface area contributed by atoms with Crippen LogP contribution >= 0.6 is 0 Å². The van der Waals surface area contributed by atoms with Crippen LogP contribution in [0.5, 0.6) is 0 Å². The van der Waals surface area contributed by atoms with Gasteiger partial charge in [0.25, 0.3) is 0 Å². The number of rotatable bonds is 3. The molecule has 0 N–H and O–H groups in total. The molecule has 0 saturated carbocycles. The molecule has 15 heavy (non-hydrogen) atoms. The minimum atomic E-state index is -3.09. The SMILES string of the molecule is [2H]c1nc([2H])n(C)c1C([2H])([2H])[C@@]1([2H])C([2H])([2H])OC(=O)[C@@]1([2H])CC. The highest BCUT2D eigenvalue weighted by Crippen LogP contribution is 2.27. The number of imidazole rings is 1. The average molecular weight is 216 g/mol. The van der Waals surface area contributed by atoms with Crippen LogP contribution in [0.2, 0.25) is 0 Å². The molecular weight excluding hydrogens is 192 g/mol. The summed E-state index contributed by atoms with van der Waals surface area (Å²) in [5.74, 6) is -6.84. The molecule has 2 rings (SSSR count). The van der Waals surface area contributed by atoms with Crippen LogP contribution in [0.4, 0.5) is 0 Å². The van der Waals surface area contributed by atoms with E-state index in [1.54, 1.807) is 0 Å². The molecule has 1 aromatic heterocycles. The van der Waals surface area contributed by atoms with E-state index < -0.39 is 48.9 Å². The monoisotopic (exact) mass is 216 g/mol. The van der Waals surface area contributed by atoms with Gasteiger partial charge >= 0.3 is 5.97 Å². The van der Waals surface area contributed by atoms with Gasteiger partial charge in [-0.05, 0) is 12.8 Å². The molecule has 0 unspecified atom stereocenters. The van der Waals surface area contributed by atoms with Crippen molar-refractivity contribution in [2.24, 2.45) is 18.8 Å². The molecule has 0 radical (unpaired) electrons. The van der Waals surface area contributed by atoms with E-state index in [9.17, 15) is 4.79 Å². The molecule has 82 valence electrons. The van der Waals surface area contributed by atoms with Crippen LogP contribution in [0.1, 0.15) is 30.0 Å². The van der Waals surface area contributed by atoms with E-state index in [0.29, 0.717) is 0 Å². The predicted octanol–water partition coefficient (Wildman–Crippen LogP) is 1.16. The Morgan fingerprint density at radius 2 is 2.80 bits per heavy atom. The molecule has 1 aliphatic rings. The number of carbonyl (C=O) groups is 1. The summed E-state index contributed by atoms with van der Waals surface area (Å²) in [7, 11) is 1.24. The van der Waals surface area contributed by atoms with Crippen LogP contribution in [-0.4, -0.2) is 22.1 Å². The zero-order valence-corrected chi connectivity index (χ0v) is 8.42. The van der Waals surface area contributed by atoms with Crippen LogP contribution in [0.15, 0.2) is 12.5 Å². The second kappa shape index (κ2) is 4.04. The maximum atomic E-state index is 12.0. The first-order chi connectivity index (χ1) is 10.3. The fourth-order valence-electron chi connectivity index (χ4n) is 1.25. The van der Waals surface area contributed by atoms with Gasteiger partial charge in [-0.1, -0.05) is 6.92 Å². The van der Waals surface area contributed by atoms with Crippen LogP contribution in [-0.2, 0) is 23.0 Å². The lowest BCUT2D eigenvalue weighted by atomic mass is 9.89. The molecule has 1 saturated heterocycles. The molecule has 0 amide bonds. The third-order valence-electron chi connectivity index (χ3n) is 2.09. The number of hydrogen-bond acceptors (Lipinski definition) is 3. The lowest BCUT2D eigenvalue weighted by Gasteiger charge is -2.12. The minimum Gasteiger partial charge on any atom is -0.465 e. The molecule has 2 atom stereocenters. The van der Waals surface area contributed by atoms with Gasteiger partial charge in [0, 0.05) is 30.3 Å². The van der Waals surface area contributed by atoms with Crippen molar-refractivity contribution in [3.8, 4) is 0 Å². The zero-order valence-electron chi connectivity index (χ0n) is 16.4. The summed E-state index contributed by atoms with van der Waals surface area (Å²) in [6, 6.07) is 0. The van der Waals surface area contributed by atoms with Crippen LogP contribution in [0, 0.1) is 11.8 Å². The number of aromatic nitrogens is 2. The zero-order chi connectivity index (χ0) is 18.0. The number of nitrogens with zero attached hydrogens (tertiary/aromatic N) is 2. The molecule has 1 aliphatic heterocycles. The summed E-state index contributed by atoms with van der Waals surface area (Å²) in [6.07, 6.45) is -4.44. The van der Waals surface area contributed by atoms with Crippen molar-refractivity contribution in [3.05, 3.63) is 18.2 Å². The van der Waals surface area contributed by atoms with Crippen molar-refractivity contribution in [2.75, 3.05) is 6.56 Å². The number of carbonyl (C=O) groups excluding carboxylic acids is 1. The molecule has 0 aliphatic carbocycles. The lowest BCUT2D eigenvalue weighted by Crippen LogP contribution is -2.18. The Bertz CT molecular complexity index is 675. The molecule has 0 bridgehead atoms. The highest BCUT2D eigenvalue weighted by Gasteiger charge is 2.35. The summed E-state index contributed by atoms with van der Waals surface area (Å²) in [5.41, 5.74) is -0.551.